The summed E-state index contributed by atoms with van der Waals surface area (Å²) in [4.78, 5) is 31.8. The van der Waals surface area contributed by atoms with Crippen LogP contribution in [0.3, 0.4) is 0 Å². The lowest BCUT2D eigenvalue weighted by Gasteiger charge is -2.22. The number of carboxylic acid groups (broad SMARTS) is 1. The Bertz CT molecular complexity index is 811. The number of carbonyl (C=O) groups is 2. The van der Waals surface area contributed by atoms with Gasteiger partial charge in [0.25, 0.3) is 0 Å². The van der Waals surface area contributed by atoms with Crippen LogP contribution in [0, 0.1) is 5.41 Å². The average molecular weight is 343 g/mol. The van der Waals surface area contributed by atoms with Gasteiger partial charge in [0.1, 0.15) is 5.82 Å². The van der Waals surface area contributed by atoms with E-state index in [-0.39, 0.29) is 17.7 Å². The minimum absolute atomic E-state index is 0.0244. The number of aliphatic carboxylic acids is 1. The minimum atomic E-state index is -0.901. The Hall–Kier alpha value is -2.37. The van der Waals surface area contributed by atoms with Crippen molar-refractivity contribution in [1.82, 2.24) is 9.97 Å². The number of amides is 1. The van der Waals surface area contributed by atoms with Gasteiger partial charge in [0.2, 0.25) is 5.91 Å². The molecule has 2 aromatic rings. The van der Waals surface area contributed by atoms with Crippen LogP contribution in [0.4, 0.5) is 5.69 Å². The minimum Gasteiger partial charge on any atom is -0.481 e. The fraction of sp³-hybridized carbons (Fsp3) is 0.526. The number of hydrogen-bond donors (Lipinski definition) is 3. The van der Waals surface area contributed by atoms with Crippen molar-refractivity contribution in [2.24, 2.45) is 5.41 Å². The lowest BCUT2D eigenvalue weighted by atomic mass is 9.82. The summed E-state index contributed by atoms with van der Waals surface area (Å²) in [5.74, 6) is -0.222. The van der Waals surface area contributed by atoms with Gasteiger partial charge in [-0.15, -0.1) is 0 Å². The van der Waals surface area contributed by atoms with Crippen LogP contribution in [0.5, 0.6) is 0 Å². The lowest BCUT2D eigenvalue weighted by Crippen LogP contribution is -2.32. The van der Waals surface area contributed by atoms with E-state index in [1.165, 1.54) is 0 Å². The summed E-state index contributed by atoms with van der Waals surface area (Å²) in [5.41, 5.74) is 1.37. The Morgan fingerprint density at radius 3 is 2.56 bits per heavy atom. The fourth-order valence-corrected chi connectivity index (χ4v) is 3.47. The molecule has 3 N–H and O–H groups in total. The first kappa shape index (κ1) is 17.5. The number of fused-ring (bicyclic) bond motifs is 1. The van der Waals surface area contributed by atoms with Gasteiger partial charge >= 0.3 is 5.97 Å². The first-order chi connectivity index (χ1) is 11.7. The highest BCUT2D eigenvalue weighted by molar-refractivity contribution is 5.95. The van der Waals surface area contributed by atoms with Crippen molar-refractivity contribution in [2.75, 3.05) is 5.32 Å². The third-order valence-electron chi connectivity index (χ3n) is 4.99. The molecule has 1 aromatic carbocycles. The smallest absolute Gasteiger partial charge is 0.310 e. The number of aromatic nitrogens is 2. The van der Waals surface area contributed by atoms with Gasteiger partial charge < -0.3 is 15.4 Å². The second-order valence-corrected chi connectivity index (χ2v) is 8.08. The van der Waals surface area contributed by atoms with Gasteiger partial charge in [-0.2, -0.15) is 0 Å². The molecular formula is C19H25N3O3. The molecule has 1 aliphatic rings. The molecule has 6 nitrogen and oxygen atoms in total. The monoisotopic (exact) mass is 343 g/mol. The van der Waals surface area contributed by atoms with Crippen LogP contribution in [-0.4, -0.2) is 27.0 Å². The molecule has 25 heavy (non-hydrogen) atoms. The Morgan fingerprint density at radius 1 is 1.28 bits per heavy atom. The van der Waals surface area contributed by atoms with Crippen LogP contribution in [0.1, 0.15) is 58.7 Å². The molecule has 0 aliphatic heterocycles. The largest absolute Gasteiger partial charge is 0.481 e. The molecule has 0 atom stereocenters. The van der Waals surface area contributed by atoms with Crippen molar-refractivity contribution in [1.29, 1.82) is 0 Å². The molecule has 0 bridgehead atoms. The number of nitrogens with one attached hydrogen (secondary N) is 2. The number of anilines is 1. The van der Waals surface area contributed by atoms with E-state index in [0.717, 1.165) is 29.7 Å². The Labute approximate surface area is 147 Å². The molecule has 0 saturated heterocycles. The molecule has 1 saturated carbocycles. The summed E-state index contributed by atoms with van der Waals surface area (Å²) in [7, 11) is 0. The average Bonchev–Trinajstić information content (AvgIpc) is 3.13. The van der Waals surface area contributed by atoms with E-state index in [1.54, 1.807) is 6.07 Å². The number of aromatic amines is 1. The van der Waals surface area contributed by atoms with E-state index in [4.69, 9.17) is 0 Å². The Balaban J connectivity index is 1.76. The van der Waals surface area contributed by atoms with Gasteiger partial charge in [0.15, 0.2) is 0 Å². The molecule has 0 radical (unpaired) electrons. The molecule has 134 valence electrons. The van der Waals surface area contributed by atoms with Gasteiger partial charge in [0.05, 0.1) is 16.4 Å². The van der Waals surface area contributed by atoms with E-state index in [0.29, 0.717) is 18.5 Å². The zero-order chi connectivity index (χ0) is 18.2. The summed E-state index contributed by atoms with van der Waals surface area (Å²) in [6.45, 7) is 6.25. The van der Waals surface area contributed by atoms with Gasteiger partial charge in [-0.05, 0) is 31.0 Å². The van der Waals surface area contributed by atoms with Gasteiger partial charge in [0, 0.05) is 17.5 Å². The van der Waals surface area contributed by atoms with E-state index in [9.17, 15) is 14.7 Å². The predicted octanol–water partition coefficient (Wildman–Crippen LogP) is 3.83. The molecule has 0 spiro atoms. The van der Waals surface area contributed by atoms with Gasteiger partial charge in [-0.25, -0.2) is 4.98 Å². The maximum atomic E-state index is 12.4. The number of hydrogen-bond acceptors (Lipinski definition) is 3. The molecule has 0 unspecified atom stereocenters. The molecule has 1 aliphatic carbocycles. The van der Waals surface area contributed by atoms with Crippen molar-refractivity contribution in [2.45, 2.75) is 58.3 Å². The van der Waals surface area contributed by atoms with Crippen LogP contribution in [0.15, 0.2) is 18.2 Å². The maximum Gasteiger partial charge on any atom is 0.310 e. The number of carboxylic acids is 1. The van der Waals surface area contributed by atoms with E-state index in [1.807, 2.05) is 12.1 Å². The third-order valence-corrected chi connectivity index (χ3v) is 4.99. The number of rotatable bonds is 4. The first-order valence-corrected chi connectivity index (χ1v) is 8.73. The van der Waals surface area contributed by atoms with Crippen LogP contribution < -0.4 is 5.32 Å². The zero-order valence-electron chi connectivity index (χ0n) is 15.0. The maximum absolute atomic E-state index is 12.4. The fourth-order valence-electron chi connectivity index (χ4n) is 3.47. The molecule has 6 heteroatoms. The van der Waals surface area contributed by atoms with E-state index in [2.05, 4.69) is 36.1 Å². The summed E-state index contributed by atoms with van der Waals surface area (Å²) < 4.78 is 0. The van der Waals surface area contributed by atoms with Crippen molar-refractivity contribution in [3.05, 3.63) is 24.0 Å². The SMILES string of the molecule is CC(C)(C)c1nc2ccc(NC(=O)CC3(C(=O)O)CCCC3)cc2[nH]1. The Morgan fingerprint density at radius 2 is 1.96 bits per heavy atom. The molecule has 1 heterocycles. The zero-order valence-corrected chi connectivity index (χ0v) is 15.0. The topological polar surface area (TPSA) is 95.1 Å². The van der Waals surface area contributed by atoms with Gasteiger partial charge in [-0.3, -0.25) is 9.59 Å². The van der Waals surface area contributed by atoms with Crippen LogP contribution >= 0.6 is 0 Å². The molecule has 1 fully saturated rings. The summed E-state index contributed by atoms with van der Waals surface area (Å²) >= 11 is 0. The number of H-pyrrole nitrogens is 1. The Kier molecular flexibility index (Phi) is 4.31. The quantitative estimate of drug-likeness (QED) is 0.786. The second kappa shape index (κ2) is 6.17. The molecule has 3 rings (SSSR count). The lowest BCUT2D eigenvalue weighted by molar-refractivity contribution is -0.150. The standard InChI is InChI=1S/C19H25N3O3/c1-18(2,3)16-21-13-7-6-12(10-14(13)22-16)20-15(23)11-19(17(24)25)8-4-5-9-19/h6-7,10H,4-5,8-9,11H2,1-3H3,(H,20,23)(H,21,22)(H,24,25). The number of carbonyl (C=O) groups excluding carboxylic acids is 1. The highest BCUT2D eigenvalue weighted by atomic mass is 16.4. The highest BCUT2D eigenvalue weighted by Crippen LogP contribution is 2.41. The number of nitrogens with zero attached hydrogens (tertiary/aromatic N) is 1. The van der Waals surface area contributed by atoms with Crippen LogP contribution in [-0.2, 0) is 15.0 Å². The predicted molar refractivity (Wildman–Crippen MR) is 96.6 cm³/mol. The molecule has 1 aromatic heterocycles. The summed E-state index contributed by atoms with van der Waals surface area (Å²) in [5, 5.41) is 12.3. The van der Waals surface area contributed by atoms with Gasteiger partial charge in [-0.1, -0.05) is 33.6 Å². The molecular weight excluding hydrogens is 318 g/mol. The number of benzene rings is 1. The van der Waals surface area contributed by atoms with Crippen molar-refractivity contribution in [3.8, 4) is 0 Å². The molecule has 1 amide bonds. The highest BCUT2D eigenvalue weighted by Gasteiger charge is 2.42. The van der Waals surface area contributed by atoms with Crippen molar-refractivity contribution in [3.63, 3.8) is 0 Å². The number of imidazole rings is 1. The van der Waals surface area contributed by atoms with Crippen molar-refractivity contribution >= 4 is 28.6 Å². The second-order valence-electron chi connectivity index (χ2n) is 8.08. The first-order valence-electron chi connectivity index (χ1n) is 8.73. The van der Waals surface area contributed by atoms with E-state index < -0.39 is 11.4 Å². The summed E-state index contributed by atoms with van der Waals surface area (Å²) in [6, 6.07) is 5.51. The normalized spacial score (nSPS) is 16.9. The summed E-state index contributed by atoms with van der Waals surface area (Å²) in [6.07, 6.45) is 2.91. The van der Waals surface area contributed by atoms with Crippen LogP contribution in [0.2, 0.25) is 0 Å². The third kappa shape index (κ3) is 3.52. The van der Waals surface area contributed by atoms with Crippen molar-refractivity contribution < 1.29 is 14.7 Å². The van der Waals surface area contributed by atoms with Crippen LogP contribution in [0.25, 0.3) is 11.0 Å². The van der Waals surface area contributed by atoms with E-state index >= 15 is 0 Å².